The number of hydrogen-bond donors (Lipinski definition) is 1. The molecule has 0 bridgehead atoms. The van der Waals surface area contributed by atoms with Crippen molar-refractivity contribution in [3.63, 3.8) is 0 Å². The number of aromatic nitrogens is 3. The maximum Gasteiger partial charge on any atom is 0.278 e. The zero-order valence-electron chi connectivity index (χ0n) is 17.6. The first kappa shape index (κ1) is 21.7. The number of halogens is 2. The van der Waals surface area contributed by atoms with Crippen LogP contribution in [0.1, 0.15) is 37.6 Å². The summed E-state index contributed by atoms with van der Waals surface area (Å²) >= 11 is 0. The molecule has 0 aliphatic heterocycles. The molecule has 160 valence electrons. The number of fused-ring (bicyclic) bond motifs is 1. The van der Waals surface area contributed by atoms with Gasteiger partial charge in [-0.1, -0.05) is 12.1 Å². The lowest BCUT2D eigenvalue weighted by Crippen LogP contribution is -2.31. The van der Waals surface area contributed by atoms with Crippen molar-refractivity contribution in [2.24, 2.45) is 0 Å². The van der Waals surface area contributed by atoms with Gasteiger partial charge in [-0.05, 0) is 44.0 Å². The summed E-state index contributed by atoms with van der Waals surface area (Å²) in [5, 5.41) is 8.27. The number of ether oxygens (including phenoxy) is 1. The lowest BCUT2D eigenvalue weighted by molar-refractivity contribution is -0.120. The number of carbonyl (C=O) groups is 1. The summed E-state index contributed by atoms with van der Waals surface area (Å²) in [6.07, 6.45) is 3.71. The molecule has 8 heteroatoms. The number of benzene rings is 1. The van der Waals surface area contributed by atoms with Crippen LogP contribution < -0.4 is 10.1 Å². The van der Waals surface area contributed by atoms with Crippen LogP contribution in [0.2, 0.25) is 0 Å². The van der Waals surface area contributed by atoms with E-state index >= 15 is 0 Å². The van der Waals surface area contributed by atoms with Crippen LogP contribution in [0.15, 0.2) is 36.7 Å². The summed E-state index contributed by atoms with van der Waals surface area (Å²) in [4.78, 5) is 16.5. The van der Waals surface area contributed by atoms with Gasteiger partial charge in [0.1, 0.15) is 5.75 Å². The predicted molar refractivity (Wildman–Crippen MR) is 111 cm³/mol. The maximum atomic E-state index is 13.0. The van der Waals surface area contributed by atoms with Gasteiger partial charge in [-0.15, -0.1) is 0 Å². The van der Waals surface area contributed by atoms with Gasteiger partial charge < -0.3 is 10.1 Å². The molecule has 0 saturated heterocycles. The lowest BCUT2D eigenvalue weighted by atomic mass is 10.1. The van der Waals surface area contributed by atoms with Crippen LogP contribution in [0, 0.1) is 6.92 Å². The number of nitrogens with zero attached hydrogens (tertiary/aromatic N) is 3. The second-order valence-electron chi connectivity index (χ2n) is 7.87. The number of rotatable bonds is 8. The predicted octanol–water partition coefficient (Wildman–Crippen LogP) is 3.89. The number of nitrogens with one attached hydrogen (secondary N) is 1. The van der Waals surface area contributed by atoms with Gasteiger partial charge in [0.05, 0.1) is 24.2 Å². The zero-order chi connectivity index (χ0) is 21.9. The second kappa shape index (κ2) is 8.77. The maximum absolute atomic E-state index is 13.0. The van der Waals surface area contributed by atoms with Crippen LogP contribution in [0.3, 0.4) is 0 Å². The summed E-state index contributed by atoms with van der Waals surface area (Å²) in [7, 11) is 0. The molecule has 0 spiro atoms. The Bertz CT molecular complexity index is 1040. The fourth-order valence-electron chi connectivity index (χ4n) is 3.16. The van der Waals surface area contributed by atoms with Crippen molar-refractivity contribution < 1.29 is 18.3 Å². The summed E-state index contributed by atoms with van der Waals surface area (Å²) in [5.41, 5.74) is 3.18. The van der Waals surface area contributed by atoms with Gasteiger partial charge in [0.15, 0.2) is 6.61 Å². The van der Waals surface area contributed by atoms with E-state index in [0.29, 0.717) is 18.0 Å². The Morgan fingerprint density at radius 3 is 2.73 bits per heavy atom. The summed E-state index contributed by atoms with van der Waals surface area (Å²) in [6, 6.07) is 7.30. The number of hydrogen-bond acceptors (Lipinski definition) is 4. The number of amides is 1. The van der Waals surface area contributed by atoms with Crippen molar-refractivity contribution in [1.29, 1.82) is 0 Å². The van der Waals surface area contributed by atoms with Gasteiger partial charge in [0.2, 0.25) is 5.91 Å². The Labute approximate surface area is 174 Å². The summed E-state index contributed by atoms with van der Waals surface area (Å²) in [5.74, 6) is -2.52. The fourth-order valence-corrected chi connectivity index (χ4v) is 3.16. The van der Waals surface area contributed by atoms with Crippen LogP contribution in [-0.4, -0.2) is 39.2 Å². The first-order valence-electron chi connectivity index (χ1n) is 9.81. The molecule has 1 aromatic carbocycles. The van der Waals surface area contributed by atoms with E-state index in [1.165, 1.54) is 0 Å². The van der Waals surface area contributed by atoms with Crippen molar-refractivity contribution in [3.05, 3.63) is 53.5 Å². The Balaban J connectivity index is 1.75. The molecule has 0 radical (unpaired) electrons. The summed E-state index contributed by atoms with van der Waals surface area (Å²) in [6.45, 7) is 6.32. The minimum Gasteiger partial charge on any atom is -0.487 e. The number of alkyl halides is 2. The van der Waals surface area contributed by atoms with E-state index in [-0.39, 0.29) is 18.4 Å². The molecule has 30 heavy (non-hydrogen) atoms. The van der Waals surface area contributed by atoms with Gasteiger partial charge in [-0.3, -0.25) is 14.5 Å². The molecule has 0 fully saturated rings. The number of carbonyl (C=O) groups excluding carboxylic acids is 1. The average molecular weight is 416 g/mol. The number of pyridine rings is 1. The highest BCUT2D eigenvalue weighted by Gasteiger charge is 2.22. The van der Waals surface area contributed by atoms with E-state index in [1.54, 1.807) is 16.9 Å². The molecular weight excluding hydrogens is 390 g/mol. The van der Waals surface area contributed by atoms with Crippen molar-refractivity contribution in [3.8, 4) is 5.75 Å². The highest BCUT2D eigenvalue weighted by atomic mass is 19.3. The van der Waals surface area contributed by atoms with Crippen molar-refractivity contribution >= 4 is 16.8 Å². The minimum absolute atomic E-state index is 0.0678. The molecular formula is C22H26F2N4O2. The van der Waals surface area contributed by atoms with E-state index in [9.17, 15) is 13.6 Å². The first-order valence-corrected chi connectivity index (χ1v) is 9.81. The Kier molecular flexibility index (Phi) is 6.34. The smallest absolute Gasteiger partial charge is 0.278 e. The van der Waals surface area contributed by atoms with Crippen LogP contribution in [0.5, 0.6) is 5.75 Å². The van der Waals surface area contributed by atoms with E-state index in [1.807, 2.05) is 45.2 Å². The molecule has 2 aromatic heterocycles. The molecule has 0 saturated carbocycles. The molecule has 0 aliphatic carbocycles. The van der Waals surface area contributed by atoms with Crippen LogP contribution in [0.25, 0.3) is 10.9 Å². The quantitative estimate of drug-likeness (QED) is 0.605. The van der Waals surface area contributed by atoms with E-state index in [2.05, 4.69) is 15.4 Å². The van der Waals surface area contributed by atoms with Gasteiger partial charge in [0.25, 0.3) is 5.92 Å². The SMILES string of the molecule is Cc1cc(Cn2cc3c(CC(=O)NC(C)C)nccc3n2)ccc1OCC(C)(F)F. The topological polar surface area (TPSA) is 69.0 Å². The Morgan fingerprint density at radius 1 is 1.30 bits per heavy atom. The molecule has 6 nitrogen and oxygen atoms in total. The molecule has 0 atom stereocenters. The minimum atomic E-state index is -2.88. The first-order chi connectivity index (χ1) is 14.1. The standard InChI is InChI=1S/C22H26F2N4O2/c1-14(2)26-21(29)10-19-17-12-28(27-18(17)7-8-25-19)11-16-5-6-20(15(3)9-16)30-13-22(4,23)24/h5-9,12,14H,10-11,13H2,1-4H3,(H,26,29). The normalized spacial score (nSPS) is 11.8. The summed E-state index contributed by atoms with van der Waals surface area (Å²) < 4.78 is 33.0. The molecule has 3 aromatic rings. The third-order valence-electron chi connectivity index (χ3n) is 4.41. The fraction of sp³-hybridized carbons (Fsp3) is 0.409. The molecule has 3 rings (SSSR count). The van der Waals surface area contributed by atoms with Gasteiger partial charge >= 0.3 is 0 Å². The monoisotopic (exact) mass is 416 g/mol. The second-order valence-corrected chi connectivity index (χ2v) is 7.87. The largest absolute Gasteiger partial charge is 0.487 e. The highest BCUT2D eigenvalue weighted by Crippen LogP contribution is 2.23. The molecule has 2 heterocycles. The van der Waals surface area contributed by atoms with Crippen LogP contribution in [-0.2, 0) is 17.8 Å². The molecule has 1 N–H and O–H groups in total. The van der Waals surface area contributed by atoms with Crippen molar-refractivity contribution in [2.75, 3.05) is 6.61 Å². The van der Waals surface area contributed by atoms with Crippen LogP contribution >= 0.6 is 0 Å². The van der Waals surface area contributed by atoms with E-state index in [4.69, 9.17) is 4.74 Å². The highest BCUT2D eigenvalue weighted by molar-refractivity contribution is 5.86. The third kappa shape index (κ3) is 5.75. The molecule has 0 unspecified atom stereocenters. The Morgan fingerprint density at radius 2 is 2.07 bits per heavy atom. The van der Waals surface area contributed by atoms with Crippen LogP contribution in [0.4, 0.5) is 8.78 Å². The number of aryl methyl sites for hydroxylation is 1. The molecule has 0 aliphatic rings. The van der Waals surface area contributed by atoms with Gasteiger partial charge in [-0.2, -0.15) is 5.10 Å². The van der Waals surface area contributed by atoms with Crippen molar-refractivity contribution in [2.45, 2.75) is 52.6 Å². The average Bonchev–Trinajstić information content (AvgIpc) is 3.03. The Hall–Kier alpha value is -3.03. The van der Waals surface area contributed by atoms with Gasteiger partial charge in [-0.25, -0.2) is 8.78 Å². The third-order valence-corrected chi connectivity index (χ3v) is 4.41. The van der Waals surface area contributed by atoms with Gasteiger partial charge in [0, 0.05) is 30.7 Å². The lowest BCUT2D eigenvalue weighted by Gasteiger charge is -2.14. The van der Waals surface area contributed by atoms with Crippen molar-refractivity contribution in [1.82, 2.24) is 20.1 Å². The molecule has 1 amide bonds. The zero-order valence-corrected chi connectivity index (χ0v) is 17.6. The van der Waals surface area contributed by atoms with E-state index < -0.39 is 12.5 Å². The van der Waals surface area contributed by atoms with E-state index in [0.717, 1.165) is 29.0 Å².